The van der Waals surface area contributed by atoms with Crippen LogP contribution in [0.4, 0.5) is 4.39 Å². The summed E-state index contributed by atoms with van der Waals surface area (Å²) in [5.74, 6) is -0.461. The highest BCUT2D eigenvalue weighted by Gasteiger charge is 2.72. The molecule has 4 fully saturated rings. The fraction of sp³-hybridized carbons (Fsp3) is 0.903. The number of alkyl halides is 1. The van der Waals surface area contributed by atoms with Gasteiger partial charge in [-0.25, -0.2) is 18.0 Å². The van der Waals surface area contributed by atoms with Gasteiger partial charge in [0.1, 0.15) is 6.17 Å². The van der Waals surface area contributed by atoms with E-state index < -0.39 is 62.3 Å². The molecule has 0 spiro atoms. The van der Waals surface area contributed by atoms with Crippen molar-refractivity contribution in [1.29, 1.82) is 0 Å². The zero-order valence-corrected chi connectivity index (χ0v) is 28.8. The van der Waals surface area contributed by atoms with Crippen LogP contribution in [0.15, 0.2) is 11.6 Å². The zero-order chi connectivity index (χ0) is 32.9. The second-order valence-electron chi connectivity index (χ2n) is 15.9. The van der Waals surface area contributed by atoms with Gasteiger partial charge in [-0.2, -0.15) is 0 Å². The predicted molar refractivity (Wildman–Crippen MR) is 160 cm³/mol. The van der Waals surface area contributed by atoms with Gasteiger partial charge in [0.25, 0.3) is 0 Å². The molecule has 4 N–H and O–H groups in total. The van der Waals surface area contributed by atoms with Gasteiger partial charge < -0.3 is 24.3 Å². The number of esters is 1. The molecule has 0 bridgehead atoms. The van der Waals surface area contributed by atoms with Crippen LogP contribution in [0.2, 0.25) is 0 Å². The second-order valence-corrected chi connectivity index (χ2v) is 18.4. The third-order valence-electron chi connectivity index (χ3n) is 14.0. The Morgan fingerprint density at radius 3 is 2.23 bits per heavy atom. The molecule has 5 aliphatic carbocycles. The summed E-state index contributed by atoms with van der Waals surface area (Å²) < 4.78 is 55.4. The highest BCUT2D eigenvalue weighted by atomic mass is 31.2. The first kappa shape index (κ1) is 34.7. The average Bonchev–Trinajstić information content (AvgIpc) is 2.89. The highest BCUT2D eigenvalue weighted by Crippen LogP contribution is 2.76. The van der Waals surface area contributed by atoms with Crippen LogP contribution in [-0.2, 0) is 27.7 Å². The van der Waals surface area contributed by atoms with Gasteiger partial charge in [0.2, 0.25) is 6.79 Å². The number of phosphoric ester groups is 2. The van der Waals surface area contributed by atoms with E-state index in [1.165, 1.54) is 0 Å². The molecule has 252 valence electrons. The normalized spacial score (nSPS) is 46.9. The molecule has 0 heterocycles. The first-order chi connectivity index (χ1) is 20.0. The van der Waals surface area contributed by atoms with Crippen LogP contribution < -0.4 is 0 Å². The fourth-order valence-corrected chi connectivity index (χ4v) is 12.3. The lowest BCUT2D eigenvalue weighted by Crippen LogP contribution is -2.68. The van der Waals surface area contributed by atoms with Gasteiger partial charge in [0, 0.05) is 5.41 Å². The number of rotatable bonds is 6. The lowest BCUT2D eigenvalue weighted by atomic mass is 9.33. The van der Waals surface area contributed by atoms with Crippen LogP contribution >= 0.6 is 15.6 Å². The Labute approximate surface area is 260 Å². The third-order valence-corrected chi connectivity index (χ3v) is 15.0. The molecule has 0 aromatic rings. The first-order valence-electron chi connectivity index (χ1n) is 16.0. The summed E-state index contributed by atoms with van der Waals surface area (Å²) in [6, 6.07) is 0. The van der Waals surface area contributed by atoms with Crippen molar-refractivity contribution >= 4 is 21.6 Å². The summed E-state index contributed by atoms with van der Waals surface area (Å²) in [5.41, 5.74) is -2.01. The maximum atomic E-state index is 17.2. The van der Waals surface area contributed by atoms with E-state index in [0.717, 1.165) is 12.0 Å². The molecule has 11 atom stereocenters. The lowest BCUT2D eigenvalue weighted by molar-refractivity contribution is -0.230. The van der Waals surface area contributed by atoms with Crippen LogP contribution in [0.5, 0.6) is 0 Å². The maximum absolute atomic E-state index is 17.2. The van der Waals surface area contributed by atoms with E-state index in [1.807, 2.05) is 13.8 Å². The Morgan fingerprint density at radius 1 is 0.955 bits per heavy atom. The monoisotopic (exact) mass is 664 g/mol. The Bertz CT molecular complexity index is 1290. The largest absolute Gasteiger partial charge is 0.472 e. The number of phosphoric acid groups is 2. The van der Waals surface area contributed by atoms with Crippen molar-refractivity contribution in [3.05, 3.63) is 11.6 Å². The van der Waals surface area contributed by atoms with E-state index in [1.54, 1.807) is 0 Å². The topological polar surface area (TPSA) is 160 Å². The van der Waals surface area contributed by atoms with Crippen LogP contribution in [0, 0.1) is 56.7 Å². The van der Waals surface area contributed by atoms with Gasteiger partial charge in [-0.3, -0.25) is 9.32 Å². The molecule has 0 aromatic heterocycles. The van der Waals surface area contributed by atoms with Crippen molar-refractivity contribution in [1.82, 2.24) is 0 Å². The van der Waals surface area contributed by atoms with Crippen molar-refractivity contribution in [2.75, 3.05) is 6.79 Å². The minimum absolute atomic E-state index is 0.0276. The van der Waals surface area contributed by atoms with Crippen molar-refractivity contribution in [2.45, 2.75) is 112 Å². The summed E-state index contributed by atoms with van der Waals surface area (Å²) in [4.78, 5) is 51.3. The Balaban J connectivity index is 1.54. The molecule has 0 radical (unpaired) electrons. The molecule has 11 unspecified atom stereocenters. The van der Waals surface area contributed by atoms with Crippen molar-refractivity contribution < 1.29 is 51.7 Å². The summed E-state index contributed by atoms with van der Waals surface area (Å²) in [5, 5.41) is 0. The Morgan fingerprint density at radius 2 is 1.61 bits per heavy atom. The maximum Gasteiger partial charge on any atom is 0.472 e. The highest BCUT2D eigenvalue weighted by molar-refractivity contribution is 7.46. The number of halogens is 1. The van der Waals surface area contributed by atoms with E-state index in [2.05, 4.69) is 45.2 Å². The number of ether oxygens (including phenoxy) is 1. The van der Waals surface area contributed by atoms with Gasteiger partial charge in [-0.05, 0) is 97.2 Å². The summed E-state index contributed by atoms with van der Waals surface area (Å²) in [6.45, 7) is 13.9. The van der Waals surface area contributed by atoms with E-state index in [0.29, 0.717) is 44.4 Å². The predicted octanol–water partition coefficient (Wildman–Crippen LogP) is 6.68. The molecule has 4 saturated carbocycles. The van der Waals surface area contributed by atoms with Crippen LogP contribution in [0.1, 0.15) is 99.8 Å². The van der Waals surface area contributed by atoms with E-state index in [-0.39, 0.29) is 35.5 Å². The molecule has 13 heteroatoms. The van der Waals surface area contributed by atoms with Gasteiger partial charge in [0.05, 0.1) is 11.5 Å². The van der Waals surface area contributed by atoms with Crippen molar-refractivity contribution in [2.24, 2.45) is 56.7 Å². The van der Waals surface area contributed by atoms with Crippen molar-refractivity contribution in [3.63, 3.8) is 0 Å². The van der Waals surface area contributed by atoms with Gasteiger partial charge in [-0.1, -0.05) is 60.1 Å². The average molecular weight is 665 g/mol. The van der Waals surface area contributed by atoms with Crippen LogP contribution in [-0.4, -0.2) is 44.6 Å². The molecule has 5 rings (SSSR count). The smallest absolute Gasteiger partial charge is 0.437 e. The number of carbonyl (C=O) groups excluding carboxylic acids is 1. The molecule has 0 aliphatic heterocycles. The van der Waals surface area contributed by atoms with Crippen molar-refractivity contribution in [3.8, 4) is 0 Å². The van der Waals surface area contributed by atoms with Gasteiger partial charge in [0.15, 0.2) is 0 Å². The first-order valence-corrected chi connectivity index (χ1v) is 19.1. The Kier molecular flexibility index (Phi) is 8.63. The summed E-state index contributed by atoms with van der Waals surface area (Å²) >= 11 is 0. The minimum atomic E-state index is -4.81. The Hall–Kier alpha value is -0.640. The van der Waals surface area contributed by atoms with Gasteiger partial charge >= 0.3 is 21.6 Å². The molecular weight excluding hydrogens is 613 g/mol. The minimum Gasteiger partial charge on any atom is -0.437 e. The third kappa shape index (κ3) is 5.15. The lowest BCUT2D eigenvalue weighted by Gasteiger charge is -2.72. The number of fused-ring (bicyclic) bond motifs is 7. The molecule has 0 saturated heterocycles. The second kappa shape index (κ2) is 10.9. The number of carbonyl (C=O) groups is 1. The zero-order valence-electron chi connectivity index (χ0n) is 27.0. The van der Waals surface area contributed by atoms with E-state index >= 15 is 4.39 Å². The molecular formula is C31H51FO10P2. The van der Waals surface area contributed by atoms with Crippen LogP contribution in [0.3, 0.4) is 0 Å². The fourth-order valence-electron chi connectivity index (χ4n) is 11.4. The quantitative estimate of drug-likeness (QED) is 0.104. The van der Waals surface area contributed by atoms with Crippen LogP contribution in [0.25, 0.3) is 0 Å². The molecule has 44 heavy (non-hydrogen) atoms. The number of hydrogen-bond donors (Lipinski definition) is 4. The summed E-state index contributed by atoms with van der Waals surface area (Å²) in [6.07, 6.45) is 4.92. The molecule has 0 aromatic carbocycles. The van der Waals surface area contributed by atoms with E-state index in [4.69, 9.17) is 19.0 Å². The molecule has 0 amide bonds. The van der Waals surface area contributed by atoms with E-state index in [9.17, 15) is 23.7 Å². The summed E-state index contributed by atoms with van der Waals surface area (Å²) in [7, 11) is -9.52. The molecule has 10 nitrogen and oxygen atoms in total. The SMILES string of the molecule is CC1CCC2(C(=O)OCOP(=O)(O)O)CCC3(C)C(=CCC4C5(C)CCC(OP(=O)(O)O)C(C)(C)C5CC(F)C43C)C2C1C. The standard InChI is InChI=1S/C31H51FO10P2/c1-18-10-13-31(26(33)40-17-41-43(34,35)36)15-14-29(6)20(25(31)19(18)2)8-9-21-28(5)12-11-24(42-44(37,38)39)27(3,4)22(28)16-23(32)30(21,29)7/h8,18-19,21-25H,9-17H2,1-7H3,(H2,34,35,36)(H2,37,38,39). The number of allylic oxidation sites excluding steroid dienone is 2. The molecule has 5 aliphatic rings. The van der Waals surface area contributed by atoms with Gasteiger partial charge in [-0.15, -0.1) is 0 Å². The number of hydrogen-bond acceptors (Lipinski definition) is 6.